The van der Waals surface area contributed by atoms with Crippen molar-refractivity contribution in [2.75, 3.05) is 0 Å². The molecule has 0 aromatic heterocycles. The molecule has 0 unspecified atom stereocenters. The van der Waals surface area contributed by atoms with Crippen LogP contribution in [0.5, 0.6) is 0 Å². The molecule has 0 spiro atoms. The van der Waals surface area contributed by atoms with E-state index < -0.39 is 33.0 Å². The lowest BCUT2D eigenvalue weighted by molar-refractivity contribution is -0.385. The first-order chi connectivity index (χ1) is 10.2. The summed E-state index contributed by atoms with van der Waals surface area (Å²) in [6, 6.07) is 5.44. The van der Waals surface area contributed by atoms with Crippen LogP contribution >= 0.6 is 12.6 Å². The second-order valence-corrected chi connectivity index (χ2v) is 4.23. The minimum absolute atomic E-state index is 0.107. The molecule has 0 N–H and O–H groups in total. The van der Waals surface area contributed by atoms with Crippen molar-refractivity contribution in [3.63, 3.8) is 0 Å². The molecular formula is C12H7F3N2O4S. The van der Waals surface area contributed by atoms with Crippen LogP contribution in [0.4, 0.5) is 24.5 Å². The molecule has 2 aromatic rings. The summed E-state index contributed by atoms with van der Waals surface area (Å²) in [5.74, 6) is -2.97. The Morgan fingerprint density at radius 2 is 1.23 bits per heavy atom. The fraction of sp³-hybridized carbons (Fsp3) is 0. The maximum Gasteiger partial charge on any atom is 0.272 e. The van der Waals surface area contributed by atoms with Crippen LogP contribution in [-0.4, -0.2) is 9.85 Å². The molecule has 0 atom stereocenters. The number of nitro groups is 2. The average molecular weight is 332 g/mol. The Morgan fingerprint density at radius 1 is 0.773 bits per heavy atom. The van der Waals surface area contributed by atoms with Crippen molar-refractivity contribution >= 4 is 24.0 Å². The molecule has 0 bridgehead atoms. The van der Waals surface area contributed by atoms with Crippen LogP contribution in [0.2, 0.25) is 0 Å². The summed E-state index contributed by atoms with van der Waals surface area (Å²) in [5.41, 5.74) is -0.718. The van der Waals surface area contributed by atoms with E-state index in [1.54, 1.807) is 0 Å². The number of nitro benzene ring substituents is 2. The quantitative estimate of drug-likeness (QED) is 0.513. The highest BCUT2D eigenvalue weighted by molar-refractivity contribution is 7.80. The fourth-order valence-corrected chi connectivity index (χ4v) is 1.35. The van der Waals surface area contributed by atoms with E-state index in [4.69, 9.17) is 0 Å². The molecule has 6 nitrogen and oxygen atoms in total. The van der Waals surface area contributed by atoms with Gasteiger partial charge in [0.2, 0.25) is 0 Å². The highest BCUT2D eigenvalue weighted by atomic mass is 32.1. The van der Waals surface area contributed by atoms with E-state index in [1.165, 1.54) is 12.1 Å². The standard InChI is InChI=1S/C6H3F2NO2.C6H4FNO2S/c7-5-2-1-4(9(10)11)3-6(5)8;7-5-3-4(8(9)10)1-2-6(5)11/h1-3H;1-3,11H. The molecule has 0 aliphatic carbocycles. The topological polar surface area (TPSA) is 86.3 Å². The fourth-order valence-electron chi connectivity index (χ4n) is 1.21. The molecule has 22 heavy (non-hydrogen) atoms. The van der Waals surface area contributed by atoms with Gasteiger partial charge in [0.15, 0.2) is 11.6 Å². The third-order valence-corrected chi connectivity index (χ3v) is 2.62. The van der Waals surface area contributed by atoms with E-state index >= 15 is 0 Å². The second kappa shape index (κ2) is 7.41. The first kappa shape index (κ1) is 17.4. The van der Waals surface area contributed by atoms with Crippen molar-refractivity contribution in [3.05, 3.63) is 74.1 Å². The number of nitrogens with zero attached hydrogens (tertiary/aromatic N) is 2. The highest BCUT2D eigenvalue weighted by Gasteiger charge is 2.09. The zero-order valence-corrected chi connectivity index (χ0v) is 11.5. The van der Waals surface area contributed by atoms with Gasteiger partial charge in [-0.15, -0.1) is 12.6 Å². The number of rotatable bonds is 2. The number of thiol groups is 1. The Morgan fingerprint density at radius 3 is 1.64 bits per heavy atom. The predicted molar refractivity (Wildman–Crippen MR) is 73.3 cm³/mol. The molecule has 116 valence electrons. The summed E-state index contributed by atoms with van der Waals surface area (Å²) in [4.78, 5) is 18.7. The van der Waals surface area contributed by atoms with Crippen LogP contribution < -0.4 is 0 Å². The van der Waals surface area contributed by atoms with Crippen LogP contribution in [0.1, 0.15) is 0 Å². The summed E-state index contributed by atoms with van der Waals surface area (Å²) in [6.45, 7) is 0. The van der Waals surface area contributed by atoms with Crippen molar-refractivity contribution in [2.24, 2.45) is 0 Å². The van der Waals surface area contributed by atoms with Crippen LogP contribution in [0, 0.1) is 37.7 Å². The molecule has 0 saturated heterocycles. The summed E-state index contributed by atoms with van der Waals surface area (Å²) >= 11 is 3.72. The van der Waals surface area contributed by atoms with Crippen LogP contribution in [0.25, 0.3) is 0 Å². The van der Waals surface area contributed by atoms with Crippen molar-refractivity contribution in [1.82, 2.24) is 0 Å². The number of benzene rings is 2. The third-order valence-electron chi connectivity index (χ3n) is 2.26. The van der Waals surface area contributed by atoms with Crippen molar-refractivity contribution < 1.29 is 23.0 Å². The Bertz CT molecular complexity index is 666. The second-order valence-electron chi connectivity index (χ2n) is 3.75. The summed E-state index contributed by atoms with van der Waals surface area (Å²) in [6.07, 6.45) is 0. The summed E-state index contributed by atoms with van der Waals surface area (Å²) in [7, 11) is 0. The monoisotopic (exact) mass is 332 g/mol. The van der Waals surface area contributed by atoms with E-state index in [0.29, 0.717) is 12.1 Å². The van der Waals surface area contributed by atoms with Gasteiger partial charge in [-0.2, -0.15) is 0 Å². The van der Waals surface area contributed by atoms with Crippen LogP contribution in [0.3, 0.4) is 0 Å². The number of non-ortho nitro benzene ring substituents is 2. The molecule has 0 amide bonds. The number of hydrogen-bond donors (Lipinski definition) is 1. The Labute approximate surface area is 126 Å². The number of hydrogen-bond acceptors (Lipinski definition) is 5. The van der Waals surface area contributed by atoms with Gasteiger partial charge in [0.25, 0.3) is 11.4 Å². The molecule has 0 aliphatic rings. The van der Waals surface area contributed by atoms with Gasteiger partial charge in [-0.25, -0.2) is 13.2 Å². The van der Waals surface area contributed by atoms with Gasteiger partial charge < -0.3 is 0 Å². The van der Waals surface area contributed by atoms with E-state index in [0.717, 1.165) is 12.1 Å². The van der Waals surface area contributed by atoms with E-state index in [1.807, 2.05) is 0 Å². The lowest BCUT2D eigenvalue weighted by Gasteiger charge is -1.93. The van der Waals surface area contributed by atoms with Gasteiger partial charge in [-0.1, -0.05) is 0 Å². The van der Waals surface area contributed by atoms with Gasteiger partial charge in [0.1, 0.15) is 5.82 Å². The molecule has 2 rings (SSSR count). The normalized spacial score (nSPS) is 9.64. The van der Waals surface area contributed by atoms with E-state index in [-0.39, 0.29) is 10.6 Å². The molecule has 0 saturated carbocycles. The SMILES string of the molecule is O=[N+]([O-])c1ccc(F)c(F)c1.O=[N+]([O-])c1ccc(S)c(F)c1. The molecular weight excluding hydrogens is 325 g/mol. The van der Waals surface area contributed by atoms with Crippen LogP contribution in [-0.2, 0) is 0 Å². The predicted octanol–water partition coefficient (Wildman–Crippen LogP) is 3.90. The summed E-state index contributed by atoms with van der Waals surface area (Å²) < 4.78 is 37.0. The smallest absolute Gasteiger partial charge is 0.258 e. The largest absolute Gasteiger partial charge is 0.272 e. The molecule has 2 aromatic carbocycles. The van der Waals surface area contributed by atoms with Crippen molar-refractivity contribution in [3.8, 4) is 0 Å². The van der Waals surface area contributed by atoms with Gasteiger partial charge >= 0.3 is 0 Å². The first-order valence-corrected chi connectivity index (χ1v) is 5.89. The Hall–Kier alpha value is -2.62. The lowest BCUT2D eigenvalue weighted by Crippen LogP contribution is -1.90. The zero-order chi connectivity index (χ0) is 16.9. The molecule has 0 aliphatic heterocycles. The van der Waals surface area contributed by atoms with Gasteiger partial charge in [-0.3, -0.25) is 20.2 Å². The summed E-state index contributed by atoms with van der Waals surface area (Å²) in [5, 5.41) is 20.1. The maximum absolute atomic E-state index is 12.6. The van der Waals surface area contributed by atoms with E-state index in [2.05, 4.69) is 12.6 Å². The van der Waals surface area contributed by atoms with E-state index in [9.17, 15) is 33.4 Å². The van der Waals surface area contributed by atoms with Gasteiger partial charge in [0, 0.05) is 17.0 Å². The van der Waals surface area contributed by atoms with Crippen LogP contribution in [0.15, 0.2) is 41.3 Å². The maximum atomic E-state index is 12.6. The zero-order valence-electron chi connectivity index (χ0n) is 10.6. The highest BCUT2D eigenvalue weighted by Crippen LogP contribution is 2.18. The average Bonchev–Trinajstić information content (AvgIpc) is 2.45. The molecule has 0 heterocycles. The number of halogens is 3. The minimum Gasteiger partial charge on any atom is -0.258 e. The first-order valence-electron chi connectivity index (χ1n) is 5.44. The molecule has 10 heteroatoms. The minimum atomic E-state index is -1.21. The third kappa shape index (κ3) is 4.74. The van der Waals surface area contributed by atoms with Crippen molar-refractivity contribution in [1.29, 1.82) is 0 Å². The van der Waals surface area contributed by atoms with Crippen molar-refractivity contribution in [2.45, 2.75) is 4.90 Å². The Kier molecular flexibility index (Phi) is 5.87. The molecule has 0 radical (unpaired) electrons. The van der Waals surface area contributed by atoms with Gasteiger partial charge in [-0.05, 0) is 12.1 Å². The molecule has 0 fully saturated rings. The van der Waals surface area contributed by atoms with Gasteiger partial charge in [0.05, 0.1) is 22.0 Å². The Balaban J connectivity index is 0.000000220. The lowest BCUT2D eigenvalue weighted by atomic mass is 10.3.